The van der Waals surface area contributed by atoms with Crippen molar-refractivity contribution in [3.63, 3.8) is 0 Å². The Balaban J connectivity index is 0.00000461. The number of benzene rings is 4. The highest BCUT2D eigenvalue weighted by Gasteiger charge is 2.36. The largest absolute Gasteiger partial charge is 0.494 e. The second-order valence-electron chi connectivity index (χ2n) is 10.7. The molecule has 4 aromatic rings. The highest BCUT2D eigenvalue weighted by molar-refractivity contribution is 5.85. The van der Waals surface area contributed by atoms with Crippen LogP contribution < -0.4 is 10.1 Å². The van der Waals surface area contributed by atoms with Gasteiger partial charge in [-0.2, -0.15) is 0 Å². The number of rotatable bonds is 14. The molecule has 45 heavy (non-hydrogen) atoms. The number of ether oxygens (including phenoxy) is 4. The van der Waals surface area contributed by atoms with E-state index in [1.54, 1.807) is 0 Å². The Hall–Kier alpha value is -3.47. The first-order valence-electron chi connectivity index (χ1n) is 14.6. The quantitative estimate of drug-likeness (QED) is 0.114. The lowest BCUT2D eigenvalue weighted by atomic mass is 9.85. The molecule has 0 aliphatic carbocycles. The van der Waals surface area contributed by atoms with Gasteiger partial charge in [0.15, 0.2) is 0 Å². The highest BCUT2D eigenvalue weighted by Crippen LogP contribution is 2.33. The minimum absolute atomic E-state index is 0. The molecule has 1 aliphatic rings. The fourth-order valence-corrected chi connectivity index (χ4v) is 5.19. The molecule has 0 unspecified atom stereocenters. The van der Waals surface area contributed by atoms with Crippen LogP contribution in [-0.2, 0) is 34.0 Å². The van der Waals surface area contributed by atoms with Gasteiger partial charge in [0.25, 0.3) is 0 Å². The molecule has 0 aromatic heterocycles. The van der Waals surface area contributed by atoms with Gasteiger partial charge in [-0.05, 0) is 35.4 Å². The van der Waals surface area contributed by atoms with Gasteiger partial charge in [-0.25, -0.2) is 17.6 Å². The lowest BCUT2D eigenvalue weighted by molar-refractivity contribution is -0.0659. The standard InChI is InChI=1S/C35H35F4NO4.ClH/c36-28-11-7-26(31(38)17-28)22-43-33-19-40-20-34(44-23-27-8-12-29(37)18-32(27)39)35(33)25-9-13-30(14-10-25)42-16-4-15-41-21-24-5-2-1-3-6-24;/h1-3,5-14,17-18,33-35,40H,4,15-16,19-23H2;1H/t33-,34+,35-;. The summed E-state index contributed by atoms with van der Waals surface area (Å²) in [7, 11) is 0. The number of nitrogens with one attached hydrogen (secondary N) is 1. The number of piperidine rings is 1. The molecular weight excluding hydrogens is 610 g/mol. The van der Waals surface area contributed by atoms with E-state index < -0.39 is 35.5 Å². The summed E-state index contributed by atoms with van der Waals surface area (Å²) in [6, 6.07) is 24.3. The van der Waals surface area contributed by atoms with Crippen molar-refractivity contribution in [2.24, 2.45) is 0 Å². The molecule has 0 bridgehead atoms. The zero-order valence-electron chi connectivity index (χ0n) is 24.6. The molecule has 240 valence electrons. The van der Waals surface area contributed by atoms with Gasteiger partial charge in [0.2, 0.25) is 0 Å². The molecule has 1 aliphatic heterocycles. The van der Waals surface area contributed by atoms with Crippen LogP contribution in [-0.4, -0.2) is 38.5 Å². The molecule has 1 heterocycles. The van der Waals surface area contributed by atoms with Gasteiger partial charge in [-0.15, -0.1) is 12.4 Å². The summed E-state index contributed by atoms with van der Waals surface area (Å²) < 4.78 is 79.4. The van der Waals surface area contributed by atoms with Gasteiger partial charge in [-0.1, -0.05) is 54.6 Å². The van der Waals surface area contributed by atoms with Crippen molar-refractivity contribution in [1.29, 1.82) is 0 Å². The zero-order chi connectivity index (χ0) is 30.7. The molecule has 0 saturated carbocycles. The third-order valence-electron chi connectivity index (χ3n) is 7.51. The Bertz CT molecular complexity index is 1420. The maximum absolute atomic E-state index is 14.3. The SMILES string of the molecule is Cl.Fc1ccc(CO[C@H]2CNC[C@@H](OCc3ccc(F)cc3F)[C@H]2c2ccc(OCCCOCc3ccccc3)cc2)c(F)c1. The molecule has 3 atom stereocenters. The number of hydrogen-bond donors (Lipinski definition) is 1. The van der Waals surface area contributed by atoms with Crippen molar-refractivity contribution in [1.82, 2.24) is 5.32 Å². The molecule has 5 nitrogen and oxygen atoms in total. The Labute approximate surface area is 266 Å². The van der Waals surface area contributed by atoms with Crippen LogP contribution in [0.1, 0.15) is 34.6 Å². The predicted octanol–water partition coefficient (Wildman–Crippen LogP) is 7.51. The summed E-state index contributed by atoms with van der Waals surface area (Å²) in [5, 5.41) is 3.28. The van der Waals surface area contributed by atoms with Crippen LogP contribution in [0.3, 0.4) is 0 Å². The summed E-state index contributed by atoms with van der Waals surface area (Å²) in [6.45, 7) is 2.40. The maximum Gasteiger partial charge on any atom is 0.131 e. The molecule has 0 radical (unpaired) electrons. The Kier molecular flexibility index (Phi) is 13.2. The van der Waals surface area contributed by atoms with Crippen molar-refractivity contribution in [3.05, 3.63) is 137 Å². The Morgan fingerprint density at radius 2 is 1.22 bits per heavy atom. The average Bonchev–Trinajstić information content (AvgIpc) is 3.03. The van der Waals surface area contributed by atoms with Gasteiger partial charge in [0.05, 0.1) is 45.2 Å². The lowest BCUT2D eigenvalue weighted by Crippen LogP contribution is -2.50. The van der Waals surface area contributed by atoms with Crippen molar-refractivity contribution in [3.8, 4) is 5.75 Å². The Morgan fingerprint density at radius 1 is 0.644 bits per heavy atom. The summed E-state index contributed by atoms with van der Waals surface area (Å²) in [6.07, 6.45) is -0.149. The van der Waals surface area contributed by atoms with Gasteiger partial charge in [-0.3, -0.25) is 0 Å². The van der Waals surface area contributed by atoms with E-state index in [1.807, 2.05) is 54.6 Å². The van der Waals surface area contributed by atoms with Crippen molar-refractivity contribution < 1.29 is 36.5 Å². The van der Waals surface area contributed by atoms with Gasteiger partial charge in [0, 0.05) is 48.7 Å². The maximum atomic E-state index is 14.3. The van der Waals surface area contributed by atoms with Crippen LogP contribution in [0, 0.1) is 23.3 Å². The lowest BCUT2D eigenvalue weighted by Gasteiger charge is -2.39. The smallest absolute Gasteiger partial charge is 0.131 e. The van der Waals surface area contributed by atoms with E-state index in [4.69, 9.17) is 18.9 Å². The molecule has 1 fully saturated rings. The van der Waals surface area contributed by atoms with E-state index in [1.165, 1.54) is 24.3 Å². The summed E-state index contributed by atoms with van der Waals surface area (Å²) in [5.41, 5.74) is 2.49. The summed E-state index contributed by atoms with van der Waals surface area (Å²) >= 11 is 0. The van der Waals surface area contributed by atoms with Gasteiger partial charge in [0.1, 0.15) is 29.0 Å². The van der Waals surface area contributed by atoms with E-state index in [0.29, 0.717) is 38.7 Å². The van der Waals surface area contributed by atoms with Crippen LogP contribution in [0.2, 0.25) is 0 Å². The van der Waals surface area contributed by atoms with Crippen LogP contribution in [0.25, 0.3) is 0 Å². The van der Waals surface area contributed by atoms with Crippen molar-refractivity contribution in [2.75, 3.05) is 26.3 Å². The first-order chi connectivity index (χ1) is 21.5. The minimum atomic E-state index is -0.683. The van der Waals surface area contributed by atoms with Crippen LogP contribution in [0.4, 0.5) is 17.6 Å². The first kappa shape index (κ1) is 34.4. The summed E-state index contributed by atoms with van der Waals surface area (Å²) in [4.78, 5) is 0. The van der Waals surface area contributed by atoms with E-state index in [0.717, 1.165) is 29.7 Å². The monoisotopic (exact) mass is 645 g/mol. The zero-order valence-corrected chi connectivity index (χ0v) is 25.4. The molecule has 5 rings (SSSR count). The number of hydrogen-bond acceptors (Lipinski definition) is 5. The summed E-state index contributed by atoms with van der Waals surface area (Å²) in [5.74, 6) is -2.29. The van der Waals surface area contributed by atoms with E-state index in [9.17, 15) is 17.6 Å². The van der Waals surface area contributed by atoms with E-state index >= 15 is 0 Å². The normalized spacial score (nSPS) is 17.9. The van der Waals surface area contributed by atoms with Crippen molar-refractivity contribution in [2.45, 2.75) is 44.4 Å². The molecule has 4 aromatic carbocycles. The molecule has 0 spiro atoms. The molecule has 10 heteroatoms. The fourth-order valence-electron chi connectivity index (χ4n) is 5.19. The first-order valence-corrected chi connectivity index (χ1v) is 14.6. The third kappa shape index (κ3) is 10.0. The predicted molar refractivity (Wildman–Crippen MR) is 165 cm³/mol. The molecule has 1 N–H and O–H groups in total. The van der Waals surface area contributed by atoms with Crippen LogP contribution in [0.5, 0.6) is 5.75 Å². The Morgan fingerprint density at radius 3 is 1.78 bits per heavy atom. The second-order valence-corrected chi connectivity index (χ2v) is 10.7. The van der Waals surface area contributed by atoms with Crippen LogP contribution in [0.15, 0.2) is 91.0 Å². The second kappa shape index (κ2) is 17.3. The van der Waals surface area contributed by atoms with Gasteiger partial charge >= 0.3 is 0 Å². The molecular formula is C35H36ClF4NO4. The molecule has 0 amide bonds. The average molecular weight is 646 g/mol. The van der Waals surface area contributed by atoms with Gasteiger partial charge < -0.3 is 24.3 Å². The van der Waals surface area contributed by atoms with E-state index in [2.05, 4.69) is 5.32 Å². The fraction of sp³-hybridized carbons (Fsp3) is 0.314. The minimum Gasteiger partial charge on any atom is -0.494 e. The van der Waals surface area contributed by atoms with Crippen molar-refractivity contribution >= 4 is 12.4 Å². The van der Waals surface area contributed by atoms with E-state index in [-0.39, 0.29) is 42.7 Å². The number of halogens is 5. The topological polar surface area (TPSA) is 49.0 Å². The molecule has 1 saturated heterocycles. The third-order valence-corrected chi connectivity index (χ3v) is 7.51. The highest BCUT2D eigenvalue weighted by atomic mass is 35.5. The van der Waals surface area contributed by atoms with Crippen LogP contribution >= 0.6 is 12.4 Å².